The zero-order valence-corrected chi connectivity index (χ0v) is 17.4. The Morgan fingerprint density at radius 1 is 1.19 bits per heavy atom. The van der Waals surface area contributed by atoms with Gasteiger partial charge in [0.05, 0.1) is 6.54 Å². The van der Waals surface area contributed by atoms with Gasteiger partial charge >= 0.3 is 6.09 Å². The fraction of sp³-hybridized carbons (Fsp3) is 0.526. The topological polar surface area (TPSA) is 80.5 Å². The first-order valence-electron chi connectivity index (χ1n) is 8.72. The molecule has 27 heavy (non-hydrogen) atoms. The third-order valence-electron chi connectivity index (χ3n) is 3.61. The predicted molar refractivity (Wildman–Crippen MR) is 103 cm³/mol. The van der Waals surface area contributed by atoms with Gasteiger partial charge in [-0.1, -0.05) is 28.9 Å². The Kier molecular flexibility index (Phi) is 6.49. The molecule has 0 saturated heterocycles. The maximum absolute atomic E-state index is 12.0. The van der Waals surface area contributed by atoms with Gasteiger partial charge in [0.25, 0.3) is 0 Å². The Bertz CT molecular complexity index is 766. The lowest BCUT2D eigenvalue weighted by molar-refractivity contribution is 0.0465. The summed E-state index contributed by atoms with van der Waals surface area (Å²) in [5, 5.41) is 7.49. The highest BCUT2D eigenvalue weighted by molar-refractivity contribution is 6.30. The zero-order valence-electron chi connectivity index (χ0n) is 16.7. The number of benzene rings is 1. The van der Waals surface area contributed by atoms with Crippen molar-refractivity contribution in [3.63, 3.8) is 0 Å². The number of hydrogen-bond acceptors (Lipinski definition) is 6. The predicted octanol–water partition coefficient (Wildman–Crippen LogP) is 4.11. The monoisotopic (exact) mass is 394 g/mol. The molecule has 0 fully saturated rings. The van der Waals surface area contributed by atoms with Crippen molar-refractivity contribution >= 4 is 17.7 Å². The normalized spacial score (nSPS) is 12.3. The minimum atomic E-state index is -0.821. The molecule has 8 heteroatoms. The van der Waals surface area contributed by atoms with Crippen molar-refractivity contribution in [1.29, 1.82) is 0 Å². The quantitative estimate of drug-likeness (QED) is 0.793. The molecule has 0 radical (unpaired) electrons. The van der Waals surface area contributed by atoms with E-state index in [2.05, 4.69) is 20.4 Å². The van der Waals surface area contributed by atoms with E-state index in [-0.39, 0.29) is 0 Å². The largest absolute Gasteiger partial charge is 0.444 e. The van der Waals surface area contributed by atoms with E-state index in [0.29, 0.717) is 29.8 Å². The maximum Gasteiger partial charge on any atom is 0.408 e. The van der Waals surface area contributed by atoms with Crippen LogP contribution >= 0.6 is 11.6 Å². The van der Waals surface area contributed by atoms with Gasteiger partial charge in [-0.2, -0.15) is 4.98 Å². The third kappa shape index (κ3) is 6.84. The zero-order chi connectivity index (χ0) is 20.2. The van der Waals surface area contributed by atoms with E-state index in [1.165, 1.54) is 0 Å². The van der Waals surface area contributed by atoms with Gasteiger partial charge < -0.3 is 14.6 Å². The highest BCUT2D eigenvalue weighted by Gasteiger charge is 2.31. The second kappa shape index (κ2) is 8.27. The molecule has 0 aliphatic heterocycles. The van der Waals surface area contributed by atoms with Crippen molar-refractivity contribution in [3.05, 3.63) is 46.6 Å². The molecule has 1 aromatic heterocycles. The van der Waals surface area contributed by atoms with Gasteiger partial charge in [0.1, 0.15) is 11.1 Å². The van der Waals surface area contributed by atoms with Gasteiger partial charge in [0.2, 0.25) is 5.89 Å². The standard InChI is InChI=1S/C19H27ClN4O3/c1-18(2,3)26-17(25)22-19(4,5)16-21-15(27-23-16)12-24(6)11-13-7-9-14(20)10-8-13/h7-10H,11-12H2,1-6H3,(H,22,25). The van der Waals surface area contributed by atoms with Crippen molar-refractivity contribution in [3.8, 4) is 0 Å². The molecule has 1 N–H and O–H groups in total. The van der Waals surface area contributed by atoms with E-state index in [1.807, 2.05) is 52.1 Å². The minimum Gasteiger partial charge on any atom is -0.444 e. The van der Waals surface area contributed by atoms with Crippen LogP contribution in [-0.4, -0.2) is 33.8 Å². The molecule has 1 aromatic carbocycles. The van der Waals surface area contributed by atoms with Crippen molar-refractivity contribution in [2.45, 2.75) is 58.8 Å². The fourth-order valence-corrected chi connectivity index (χ4v) is 2.50. The van der Waals surface area contributed by atoms with Gasteiger partial charge in [-0.3, -0.25) is 4.90 Å². The Morgan fingerprint density at radius 3 is 2.41 bits per heavy atom. The molecule has 0 unspecified atom stereocenters. The van der Waals surface area contributed by atoms with Crippen LogP contribution in [0.25, 0.3) is 0 Å². The lowest BCUT2D eigenvalue weighted by Gasteiger charge is -2.26. The Morgan fingerprint density at radius 2 is 1.81 bits per heavy atom. The van der Waals surface area contributed by atoms with Crippen LogP contribution in [0.1, 0.15) is 51.9 Å². The van der Waals surface area contributed by atoms with Crippen LogP contribution in [0.3, 0.4) is 0 Å². The number of amides is 1. The van der Waals surface area contributed by atoms with Gasteiger partial charge in [-0.05, 0) is 59.4 Å². The molecule has 0 saturated carbocycles. The van der Waals surface area contributed by atoms with E-state index in [0.717, 1.165) is 5.56 Å². The first-order valence-corrected chi connectivity index (χ1v) is 9.09. The van der Waals surface area contributed by atoms with E-state index in [9.17, 15) is 4.79 Å². The second-order valence-electron chi connectivity index (χ2n) is 8.06. The summed E-state index contributed by atoms with van der Waals surface area (Å²) >= 11 is 5.91. The number of nitrogens with one attached hydrogen (secondary N) is 1. The number of alkyl carbamates (subject to hydrolysis) is 1. The summed E-state index contributed by atoms with van der Waals surface area (Å²) in [5.41, 5.74) is -0.264. The van der Waals surface area contributed by atoms with Crippen LogP contribution in [0.2, 0.25) is 5.02 Å². The first-order chi connectivity index (χ1) is 12.4. The van der Waals surface area contributed by atoms with Crippen molar-refractivity contribution in [2.24, 2.45) is 0 Å². The number of nitrogens with zero attached hydrogens (tertiary/aromatic N) is 3. The lowest BCUT2D eigenvalue weighted by Crippen LogP contribution is -2.44. The number of carbonyl (C=O) groups is 1. The van der Waals surface area contributed by atoms with E-state index < -0.39 is 17.2 Å². The molecule has 2 aromatic rings. The summed E-state index contributed by atoms with van der Waals surface area (Å²) in [5.74, 6) is 0.865. The first kappa shape index (κ1) is 21.2. The number of halogens is 1. The third-order valence-corrected chi connectivity index (χ3v) is 3.86. The summed E-state index contributed by atoms with van der Waals surface area (Å²) in [4.78, 5) is 18.5. The van der Waals surface area contributed by atoms with Crippen LogP contribution < -0.4 is 5.32 Å². The molecule has 148 valence electrons. The summed E-state index contributed by atoms with van der Waals surface area (Å²) in [7, 11) is 1.96. The summed E-state index contributed by atoms with van der Waals surface area (Å²) < 4.78 is 10.6. The molecule has 0 bridgehead atoms. The van der Waals surface area contributed by atoms with Gasteiger partial charge in [-0.25, -0.2) is 4.79 Å². The van der Waals surface area contributed by atoms with Gasteiger partial charge in [0.15, 0.2) is 5.82 Å². The molecule has 7 nitrogen and oxygen atoms in total. The van der Waals surface area contributed by atoms with Crippen LogP contribution in [0.4, 0.5) is 4.79 Å². The van der Waals surface area contributed by atoms with Gasteiger partial charge in [-0.15, -0.1) is 0 Å². The number of rotatable bonds is 6. The van der Waals surface area contributed by atoms with Crippen LogP contribution in [0.5, 0.6) is 0 Å². The number of hydrogen-bond donors (Lipinski definition) is 1. The van der Waals surface area contributed by atoms with Crippen LogP contribution in [0.15, 0.2) is 28.8 Å². The van der Waals surface area contributed by atoms with Crippen molar-refractivity contribution in [1.82, 2.24) is 20.4 Å². The molecular formula is C19H27ClN4O3. The smallest absolute Gasteiger partial charge is 0.408 e. The minimum absolute atomic E-state index is 0.392. The van der Waals surface area contributed by atoms with E-state index in [4.69, 9.17) is 20.9 Å². The number of aromatic nitrogens is 2. The molecule has 0 aliphatic rings. The fourth-order valence-electron chi connectivity index (χ4n) is 2.38. The Hall–Kier alpha value is -2.12. The van der Waals surface area contributed by atoms with Crippen LogP contribution in [0, 0.1) is 0 Å². The maximum atomic E-state index is 12.0. The van der Waals surface area contributed by atoms with Crippen molar-refractivity contribution < 1.29 is 14.1 Å². The molecule has 1 heterocycles. The second-order valence-corrected chi connectivity index (χ2v) is 8.50. The Balaban J connectivity index is 1.96. The Labute approximate surface area is 165 Å². The van der Waals surface area contributed by atoms with E-state index >= 15 is 0 Å². The van der Waals surface area contributed by atoms with Crippen LogP contribution in [-0.2, 0) is 23.4 Å². The summed E-state index contributed by atoms with van der Waals surface area (Å²) in [6, 6.07) is 7.68. The summed E-state index contributed by atoms with van der Waals surface area (Å²) in [6.45, 7) is 10.2. The number of carbonyl (C=O) groups excluding carboxylic acids is 1. The lowest BCUT2D eigenvalue weighted by atomic mass is 10.1. The molecule has 1 amide bonds. The van der Waals surface area contributed by atoms with Gasteiger partial charge in [0, 0.05) is 11.6 Å². The highest BCUT2D eigenvalue weighted by Crippen LogP contribution is 2.19. The van der Waals surface area contributed by atoms with E-state index in [1.54, 1.807) is 13.8 Å². The molecular weight excluding hydrogens is 368 g/mol. The molecule has 0 spiro atoms. The molecule has 2 rings (SSSR count). The molecule has 0 aliphatic carbocycles. The summed E-state index contributed by atoms with van der Waals surface area (Å²) in [6.07, 6.45) is -0.529. The average Bonchev–Trinajstić information content (AvgIpc) is 2.96. The van der Waals surface area contributed by atoms with Crippen molar-refractivity contribution in [2.75, 3.05) is 7.05 Å². The number of ether oxygens (including phenoxy) is 1. The average molecular weight is 395 g/mol. The SMILES string of the molecule is CN(Cc1ccc(Cl)cc1)Cc1nc(C(C)(C)NC(=O)OC(C)(C)C)no1. The molecule has 0 atom stereocenters. The highest BCUT2D eigenvalue weighted by atomic mass is 35.5.